The number of fused-ring (bicyclic) bond motifs is 1. The van der Waals surface area contributed by atoms with Crippen LogP contribution >= 0.6 is 23.2 Å². The number of rotatable bonds is 4. The van der Waals surface area contributed by atoms with Gasteiger partial charge in [0.15, 0.2) is 0 Å². The third-order valence-electron chi connectivity index (χ3n) is 6.63. The Labute approximate surface area is 220 Å². The second-order valence-electron chi connectivity index (χ2n) is 10.2. The van der Waals surface area contributed by atoms with Gasteiger partial charge in [0.2, 0.25) is 0 Å². The topological polar surface area (TPSA) is 83.8 Å². The van der Waals surface area contributed by atoms with Crippen LogP contribution in [0.5, 0.6) is 0 Å². The standard InChI is InChI=1S/C27H31Cl2N3O4/c1-26(2,3)36-25(35)32-12-10-27(11-13-32,18-7-5-6-17(14-18)16-33)30-24(34)22-15-19-21(31(22)4)9-8-20(28)23(19)29/h5-9,14-15,33H,10-13,16H2,1-4H3,(H,30,34). The average Bonchev–Trinajstić information content (AvgIpc) is 3.18. The number of halogens is 2. The van der Waals surface area contributed by atoms with Gasteiger partial charge < -0.3 is 24.6 Å². The molecule has 9 heteroatoms. The highest BCUT2D eigenvalue weighted by Gasteiger charge is 2.40. The second kappa shape index (κ2) is 9.96. The summed E-state index contributed by atoms with van der Waals surface area (Å²) < 4.78 is 7.34. The number of aryl methyl sites for hydroxylation is 1. The summed E-state index contributed by atoms with van der Waals surface area (Å²) in [7, 11) is 1.81. The molecule has 0 spiro atoms. The Morgan fingerprint density at radius 3 is 2.44 bits per heavy atom. The number of aliphatic hydroxyl groups is 1. The summed E-state index contributed by atoms with van der Waals surface area (Å²) in [5, 5.41) is 14.5. The van der Waals surface area contributed by atoms with Gasteiger partial charge in [-0.3, -0.25) is 4.79 Å². The molecule has 0 saturated carbocycles. The van der Waals surface area contributed by atoms with E-state index < -0.39 is 11.1 Å². The van der Waals surface area contributed by atoms with Crippen LogP contribution in [0.4, 0.5) is 4.79 Å². The number of hydrogen-bond donors (Lipinski definition) is 2. The smallest absolute Gasteiger partial charge is 0.410 e. The van der Waals surface area contributed by atoms with Crippen LogP contribution in [0.3, 0.4) is 0 Å². The zero-order valence-corrected chi connectivity index (χ0v) is 22.4. The highest BCUT2D eigenvalue weighted by atomic mass is 35.5. The van der Waals surface area contributed by atoms with Crippen LogP contribution in [0.15, 0.2) is 42.5 Å². The van der Waals surface area contributed by atoms with Gasteiger partial charge in [-0.25, -0.2) is 4.79 Å². The van der Waals surface area contributed by atoms with Gasteiger partial charge in [0, 0.05) is 31.0 Å². The molecule has 1 aliphatic rings. The number of nitrogens with zero attached hydrogens (tertiary/aromatic N) is 2. The number of carbonyl (C=O) groups is 2. The molecule has 0 atom stereocenters. The fraction of sp³-hybridized carbons (Fsp3) is 0.407. The minimum absolute atomic E-state index is 0.107. The SMILES string of the molecule is Cn1c(C(=O)NC2(c3cccc(CO)c3)CCN(C(=O)OC(C)(C)C)CC2)cc2c(Cl)c(Cl)ccc21. The first-order valence-electron chi connectivity index (χ1n) is 11.9. The van der Waals surface area contributed by atoms with Crippen LogP contribution in [-0.2, 0) is 23.9 Å². The molecule has 7 nitrogen and oxygen atoms in total. The number of ether oxygens (including phenoxy) is 1. The largest absolute Gasteiger partial charge is 0.444 e. The van der Waals surface area contributed by atoms with E-state index in [4.69, 9.17) is 27.9 Å². The van der Waals surface area contributed by atoms with Gasteiger partial charge in [0.1, 0.15) is 11.3 Å². The molecule has 0 aliphatic carbocycles. The predicted octanol–water partition coefficient (Wildman–Crippen LogP) is 5.63. The maximum absolute atomic E-state index is 13.7. The lowest BCUT2D eigenvalue weighted by molar-refractivity contribution is 0.0145. The number of piperidine rings is 1. The Bertz CT molecular complexity index is 1300. The van der Waals surface area contributed by atoms with Gasteiger partial charge in [-0.05, 0) is 62.9 Å². The molecule has 1 aliphatic heterocycles. The van der Waals surface area contributed by atoms with E-state index in [0.29, 0.717) is 47.1 Å². The van der Waals surface area contributed by atoms with E-state index in [0.717, 1.165) is 16.6 Å². The summed E-state index contributed by atoms with van der Waals surface area (Å²) in [6, 6.07) is 12.8. The lowest BCUT2D eigenvalue weighted by Gasteiger charge is -2.43. The molecule has 0 radical (unpaired) electrons. The number of carbonyl (C=O) groups excluding carboxylic acids is 2. The van der Waals surface area contributed by atoms with Gasteiger partial charge in [-0.2, -0.15) is 0 Å². The number of benzene rings is 2. The molecule has 3 aromatic rings. The first kappa shape index (κ1) is 26.3. The summed E-state index contributed by atoms with van der Waals surface area (Å²) >= 11 is 12.6. The average molecular weight is 532 g/mol. The summed E-state index contributed by atoms with van der Waals surface area (Å²) in [4.78, 5) is 28.0. The summed E-state index contributed by atoms with van der Waals surface area (Å²) in [6.45, 7) is 6.23. The van der Waals surface area contributed by atoms with Crippen molar-refractivity contribution >= 4 is 46.1 Å². The quantitative estimate of drug-likeness (QED) is 0.456. The molecule has 2 heterocycles. The molecule has 2 N–H and O–H groups in total. The molecule has 1 saturated heterocycles. The van der Waals surface area contributed by atoms with E-state index in [2.05, 4.69) is 5.32 Å². The lowest BCUT2D eigenvalue weighted by Crippen LogP contribution is -2.54. The molecule has 2 amide bonds. The van der Waals surface area contributed by atoms with Crippen LogP contribution in [0, 0.1) is 0 Å². The molecule has 1 fully saturated rings. The molecule has 4 rings (SSSR count). The molecule has 192 valence electrons. The number of nitrogens with one attached hydrogen (secondary N) is 1. The zero-order valence-electron chi connectivity index (χ0n) is 20.9. The Morgan fingerprint density at radius 1 is 1.11 bits per heavy atom. The number of hydrogen-bond acceptors (Lipinski definition) is 4. The van der Waals surface area contributed by atoms with Crippen molar-refractivity contribution in [3.8, 4) is 0 Å². The van der Waals surface area contributed by atoms with Crippen molar-refractivity contribution in [2.24, 2.45) is 7.05 Å². The van der Waals surface area contributed by atoms with Gasteiger partial charge >= 0.3 is 6.09 Å². The van der Waals surface area contributed by atoms with Crippen molar-refractivity contribution in [2.45, 2.75) is 51.4 Å². The van der Waals surface area contributed by atoms with Crippen LogP contribution in [0.2, 0.25) is 10.0 Å². The molecular weight excluding hydrogens is 501 g/mol. The van der Waals surface area contributed by atoms with E-state index >= 15 is 0 Å². The van der Waals surface area contributed by atoms with Crippen LogP contribution in [-0.4, -0.2) is 45.3 Å². The van der Waals surface area contributed by atoms with Crippen molar-refractivity contribution in [3.63, 3.8) is 0 Å². The Morgan fingerprint density at radius 2 is 1.81 bits per heavy atom. The number of aliphatic hydroxyl groups excluding tert-OH is 1. The maximum atomic E-state index is 13.7. The van der Waals surface area contributed by atoms with E-state index in [1.165, 1.54) is 0 Å². The van der Waals surface area contributed by atoms with E-state index in [-0.39, 0.29) is 18.6 Å². The molecular formula is C27H31Cl2N3O4. The molecule has 1 aromatic heterocycles. The van der Waals surface area contributed by atoms with Gasteiger partial charge in [0.05, 0.1) is 22.2 Å². The molecule has 0 unspecified atom stereocenters. The zero-order chi connectivity index (χ0) is 26.3. The summed E-state index contributed by atoms with van der Waals surface area (Å²) in [5.74, 6) is -0.263. The third kappa shape index (κ3) is 5.19. The predicted molar refractivity (Wildman–Crippen MR) is 141 cm³/mol. The van der Waals surface area contributed by atoms with E-state index in [1.54, 1.807) is 21.6 Å². The van der Waals surface area contributed by atoms with Crippen molar-refractivity contribution in [2.75, 3.05) is 13.1 Å². The van der Waals surface area contributed by atoms with Crippen molar-refractivity contribution in [3.05, 3.63) is 69.3 Å². The maximum Gasteiger partial charge on any atom is 0.410 e. The molecule has 36 heavy (non-hydrogen) atoms. The van der Waals surface area contributed by atoms with Gasteiger partial charge in [-0.1, -0.05) is 47.5 Å². The highest BCUT2D eigenvalue weighted by Crippen LogP contribution is 2.36. The van der Waals surface area contributed by atoms with Crippen molar-refractivity contribution in [1.82, 2.24) is 14.8 Å². The van der Waals surface area contributed by atoms with Crippen molar-refractivity contribution < 1.29 is 19.4 Å². The molecule has 2 aromatic carbocycles. The summed E-state index contributed by atoms with van der Waals surface area (Å²) in [6.07, 6.45) is 0.610. The van der Waals surface area contributed by atoms with Gasteiger partial charge in [-0.15, -0.1) is 0 Å². The second-order valence-corrected chi connectivity index (χ2v) is 11.0. The fourth-order valence-corrected chi connectivity index (χ4v) is 5.08. The fourth-order valence-electron chi connectivity index (χ4n) is 4.70. The Kier molecular flexibility index (Phi) is 7.28. The van der Waals surface area contributed by atoms with Crippen molar-refractivity contribution in [1.29, 1.82) is 0 Å². The molecule has 0 bridgehead atoms. The number of aromatic nitrogens is 1. The van der Waals surface area contributed by atoms with Crippen LogP contribution < -0.4 is 5.32 Å². The first-order valence-corrected chi connectivity index (χ1v) is 12.6. The van der Waals surface area contributed by atoms with E-state index in [1.807, 2.05) is 58.2 Å². The monoisotopic (exact) mass is 531 g/mol. The van der Waals surface area contributed by atoms with E-state index in [9.17, 15) is 14.7 Å². The Hall–Kier alpha value is -2.74. The Balaban J connectivity index is 1.66. The normalized spacial score (nSPS) is 15.7. The van der Waals surface area contributed by atoms with Crippen LogP contribution in [0.1, 0.15) is 55.2 Å². The number of amides is 2. The third-order valence-corrected chi connectivity index (χ3v) is 7.45. The first-order chi connectivity index (χ1) is 16.9. The summed E-state index contributed by atoms with van der Waals surface area (Å²) in [5.41, 5.74) is 1.55. The minimum atomic E-state index is -0.737. The minimum Gasteiger partial charge on any atom is -0.444 e. The highest BCUT2D eigenvalue weighted by molar-refractivity contribution is 6.45. The van der Waals surface area contributed by atoms with Crippen LogP contribution in [0.25, 0.3) is 10.9 Å². The lowest BCUT2D eigenvalue weighted by atomic mass is 9.80. The number of likely N-dealkylation sites (tertiary alicyclic amines) is 1. The van der Waals surface area contributed by atoms with Gasteiger partial charge in [0.25, 0.3) is 5.91 Å².